The Balaban J connectivity index is 1.32. The average Bonchev–Trinajstić information content (AvgIpc) is 3.42. The molecule has 0 amide bonds. The van der Waals surface area contributed by atoms with Gasteiger partial charge in [0.15, 0.2) is 10.6 Å². The van der Waals surface area contributed by atoms with Gasteiger partial charge in [0.1, 0.15) is 5.82 Å². The Labute approximate surface area is 200 Å². The van der Waals surface area contributed by atoms with E-state index >= 15 is 0 Å². The highest BCUT2D eigenvalue weighted by atomic mass is 35.5. The van der Waals surface area contributed by atoms with Crippen LogP contribution in [-0.4, -0.2) is 42.5 Å². The molecular weight excluding hydrogens is 463 g/mol. The van der Waals surface area contributed by atoms with Crippen molar-refractivity contribution < 1.29 is 8.91 Å². The van der Waals surface area contributed by atoms with Crippen molar-refractivity contribution in [2.75, 3.05) is 13.1 Å². The highest BCUT2D eigenvalue weighted by Gasteiger charge is 2.27. The van der Waals surface area contributed by atoms with Gasteiger partial charge in [0, 0.05) is 24.7 Å². The van der Waals surface area contributed by atoms with Crippen molar-refractivity contribution in [3.8, 4) is 22.8 Å². The maximum Gasteiger partial charge on any atom is 0.231 e. The first-order valence-corrected chi connectivity index (χ1v) is 11.5. The molecule has 1 saturated heterocycles. The van der Waals surface area contributed by atoms with Gasteiger partial charge in [0.2, 0.25) is 11.7 Å². The van der Waals surface area contributed by atoms with Crippen molar-refractivity contribution in [2.45, 2.75) is 25.4 Å². The van der Waals surface area contributed by atoms with Crippen LogP contribution in [0, 0.1) is 10.6 Å². The number of aromatic nitrogens is 5. The molecule has 0 bridgehead atoms. The van der Waals surface area contributed by atoms with E-state index in [0.717, 1.165) is 42.9 Å². The van der Waals surface area contributed by atoms with Crippen LogP contribution in [0.2, 0.25) is 5.02 Å². The van der Waals surface area contributed by atoms with Crippen LogP contribution in [-0.2, 0) is 13.7 Å². The molecule has 170 valence electrons. The number of hydrogen-bond donors (Lipinski definition) is 0. The second-order valence-electron chi connectivity index (χ2n) is 8.17. The second-order valence-corrected chi connectivity index (χ2v) is 8.94. The lowest BCUT2D eigenvalue weighted by Gasteiger charge is -2.30. The minimum Gasteiger partial charge on any atom is -0.339 e. The SMILES string of the molecule is Cn1c(-c2ccccc2Cl)nn(CN2CCCC(c3nc(-c4ccc(F)cc4)no3)C2)c1=S. The molecule has 1 fully saturated rings. The number of hydrogen-bond acceptors (Lipinski definition) is 6. The molecule has 1 atom stereocenters. The number of halogens is 2. The van der Waals surface area contributed by atoms with Crippen LogP contribution in [0.15, 0.2) is 53.1 Å². The fourth-order valence-corrected chi connectivity index (χ4v) is 4.55. The summed E-state index contributed by atoms with van der Waals surface area (Å²) in [5.41, 5.74) is 1.58. The Morgan fingerprint density at radius 3 is 2.76 bits per heavy atom. The van der Waals surface area contributed by atoms with Gasteiger partial charge in [0.25, 0.3) is 0 Å². The highest BCUT2D eigenvalue weighted by molar-refractivity contribution is 7.71. The van der Waals surface area contributed by atoms with E-state index in [9.17, 15) is 4.39 Å². The van der Waals surface area contributed by atoms with Gasteiger partial charge in [-0.2, -0.15) is 10.1 Å². The van der Waals surface area contributed by atoms with Crippen molar-refractivity contribution in [1.82, 2.24) is 29.4 Å². The second kappa shape index (κ2) is 9.17. The fraction of sp³-hybridized carbons (Fsp3) is 0.304. The molecule has 1 aliphatic heterocycles. The molecule has 5 rings (SSSR count). The summed E-state index contributed by atoms with van der Waals surface area (Å²) in [5.74, 6) is 1.62. The average molecular weight is 485 g/mol. The molecule has 2 aromatic heterocycles. The van der Waals surface area contributed by atoms with Crippen LogP contribution in [0.1, 0.15) is 24.7 Å². The van der Waals surface area contributed by atoms with E-state index in [1.54, 1.807) is 12.1 Å². The zero-order valence-electron chi connectivity index (χ0n) is 18.0. The summed E-state index contributed by atoms with van der Waals surface area (Å²) in [7, 11) is 1.90. The van der Waals surface area contributed by atoms with Gasteiger partial charge in [-0.1, -0.05) is 28.9 Å². The summed E-state index contributed by atoms with van der Waals surface area (Å²) < 4.78 is 23.1. The number of likely N-dealkylation sites (tertiary alicyclic amines) is 1. The van der Waals surface area contributed by atoms with E-state index in [0.29, 0.717) is 28.2 Å². The van der Waals surface area contributed by atoms with E-state index in [1.807, 2.05) is 40.6 Å². The van der Waals surface area contributed by atoms with Crippen LogP contribution in [0.25, 0.3) is 22.8 Å². The zero-order chi connectivity index (χ0) is 22.9. The first kappa shape index (κ1) is 21.9. The first-order chi connectivity index (χ1) is 16.0. The normalized spacial score (nSPS) is 16.9. The van der Waals surface area contributed by atoms with E-state index in [4.69, 9.17) is 33.4 Å². The lowest BCUT2D eigenvalue weighted by atomic mass is 9.98. The van der Waals surface area contributed by atoms with Gasteiger partial charge in [-0.15, -0.1) is 0 Å². The predicted molar refractivity (Wildman–Crippen MR) is 126 cm³/mol. The van der Waals surface area contributed by atoms with Crippen LogP contribution in [0.4, 0.5) is 4.39 Å². The molecule has 7 nitrogen and oxygen atoms in total. The maximum absolute atomic E-state index is 13.2. The van der Waals surface area contributed by atoms with Gasteiger partial charge in [-0.3, -0.25) is 4.90 Å². The van der Waals surface area contributed by atoms with E-state index in [-0.39, 0.29) is 11.7 Å². The number of piperidine rings is 1. The molecule has 4 aromatic rings. The summed E-state index contributed by atoms with van der Waals surface area (Å²) >= 11 is 12.0. The Hall–Kier alpha value is -2.88. The summed E-state index contributed by atoms with van der Waals surface area (Å²) in [6.45, 7) is 2.24. The molecule has 33 heavy (non-hydrogen) atoms. The topological polar surface area (TPSA) is 64.9 Å². The van der Waals surface area contributed by atoms with Gasteiger partial charge in [-0.05, 0) is 68.0 Å². The predicted octanol–water partition coefficient (Wildman–Crippen LogP) is 5.30. The minimum atomic E-state index is -0.295. The quantitative estimate of drug-likeness (QED) is 0.358. The van der Waals surface area contributed by atoms with Gasteiger partial charge in [0.05, 0.1) is 17.6 Å². The number of rotatable bonds is 5. The minimum absolute atomic E-state index is 0.112. The van der Waals surface area contributed by atoms with Gasteiger partial charge < -0.3 is 9.09 Å². The molecule has 1 aliphatic rings. The van der Waals surface area contributed by atoms with E-state index in [2.05, 4.69) is 15.0 Å². The number of benzene rings is 2. The Kier molecular flexibility index (Phi) is 6.09. The molecule has 0 saturated carbocycles. The molecular formula is C23H22ClFN6OS. The first-order valence-electron chi connectivity index (χ1n) is 10.7. The maximum atomic E-state index is 13.2. The molecule has 1 unspecified atom stereocenters. The number of nitrogens with zero attached hydrogens (tertiary/aromatic N) is 6. The molecule has 0 aliphatic carbocycles. The highest BCUT2D eigenvalue weighted by Crippen LogP contribution is 2.29. The lowest BCUT2D eigenvalue weighted by molar-refractivity contribution is 0.143. The van der Waals surface area contributed by atoms with Crippen molar-refractivity contribution in [1.29, 1.82) is 0 Å². The van der Waals surface area contributed by atoms with Crippen LogP contribution < -0.4 is 0 Å². The summed E-state index contributed by atoms with van der Waals surface area (Å²) in [6.07, 6.45) is 1.95. The third kappa shape index (κ3) is 4.48. The lowest BCUT2D eigenvalue weighted by Crippen LogP contribution is -2.36. The third-order valence-corrected chi connectivity index (χ3v) is 6.70. The fourth-order valence-electron chi connectivity index (χ4n) is 4.15. The Bertz CT molecular complexity index is 1330. The molecule has 3 heterocycles. The molecule has 0 radical (unpaired) electrons. The van der Waals surface area contributed by atoms with E-state index < -0.39 is 0 Å². The molecule has 0 N–H and O–H groups in total. The third-order valence-electron chi connectivity index (χ3n) is 5.89. The van der Waals surface area contributed by atoms with Crippen LogP contribution in [0.5, 0.6) is 0 Å². The van der Waals surface area contributed by atoms with Crippen LogP contribution in [0.3, 0.4) is 0 Å². The smallest absolute Gasteiger partial charge is 0.231 e. The van der Waals surface area contributed by atoms with Crippen molar-refractivity contribution >= 4 is 23.8 Å². The monoisotopic (exact) mass is 484 g/mol. The standard InChI is InChI=1S/C23H22ClFN6OS/c1-29-21(18-6-2-3-7-19(18)24)27-31(23(29)33)14-30-12-4-5-16(13-30)22-26-20(28-32-22)15-8-10-17(25)11-9-15/h2-3,6-11,16H,4-5,12-14H2,1H3. The summed E-state index contributed by atoms with van der Waals surface area (Å²) in [6, 6.07) is 13.7. The molecule has 2 aromatic carbocycles. The zero-order valence-corrected chi connectivity index (χ0v) is 19.6. The van der Waals surface area contributed by atoms with Crippen molar-refractivity contribution in [3.63, 3.8) is 0 Å². The molecule has 0 spiro atoms. The molecule has 10 heteroatoms. The van der Waals surface area contributed by atoms with Crippen molar-refractivity contribution in [2.24, 2.45) is 7.05 Å². The van der Waals surface area contributed by atoms with E-state index in [1.165, 1.54) is 12.1 Å². The van der Waals surface area contributed by atoms with Gasteiger partial charge >= 0.3 is 0 Å². The summed E-state index contributed by atoms with van der Waals surface area (Å²) in [4.78, 5) is 6.86. The largest absolute Gasteiger partial charge is 0.339 e. The Morgan fingerprint density at radius 2 is 1.97 bits per heavy atom. The Morgan fingerprint density at radius 1 is 1.18 bits per heavy atom. The van der Waals surface area contributed by atoms with Gasteiger partial charge in [-0.25, -0.2) is 9.07 Å². The van der Waals surface area contributed by atoms with Crippen molar-refractivity contribution in [3.05, 3.63) is 70.0 Å². The summed E-state index contributed by atoms with van der Waals surface area (Å²) in [5, 5.41) is 9.48. The van der Waals surface area contributed by atoms with Crippen LogP contribution >= 0.6 is 23.8 Å².